The van der Waals surface area contributed by atoms with Crippen molar-refractivity contribution in [3.05, 3.63) is 77.0 Å². The molecule has 3 aromatic rings. The Bertz CT molecular complexity index is 1600. The summed E-state index contributed by atoms with van der Waals surface area (Å²) in [4.78, 5) is 0. The molecule has 45 heavy (non-hydrogen) atoms. The Morgan fingerprint density at radius 2 is 1.76 bits per heavy atom. The van der Waals surface area contributed by atoms with E-state index < -0.39 is 0 Å². The molecule has 0 radical (unpaired) electrons. The van der Waals surface area contributed by atoms with E-state index in [0.717, 1.165) is 61.2 Å². The van der Waals surface area contributed by atoms with Crippen molar-refractivity contribution in [3.8, 4) is 0 Å². The Morgan fingerprint density at radius 1 is 0.933 bits per heavy atom. The van der Waals surface area contributed by atoms with Gasteiger partial charge in [0.15, 0.2) is 0 Å². The van der Waals surface area contributed by atoms with Crippen LogP contribution in [0.3, 0.4) is 0 Å². The maximum Gasteiger partial charge on any atom is 0.490 e. The van der Waals surface area contributed by atoms with Gasteiger partial charge in [-0.3, -0.25) is 0 Å². The van der Waals surface area contributed by atoms with E-state index in [0.29, 0.717) is 35.0 Å². The van der Waals surface area contributed by atoms with Crippen LogP contribution in [0.15, 0.2) is 64.7 Å². The molecule has 4 nitrogen and oxygen atoms in total. The van der Waals surface area contributed by atoms with E-state index in [1.807, 2.05) is 12.3 Å². The van der Waals surface area contributed by atoms with Crippen molar-refractivity contribution in [3.63, 3.8) is 0 Å². The quantitative estimate of drug-likeness (QED) is 0.252. The van der Waals surface area contributed by atoms with Gasteiger partial charge >= 0.3 is 7.12 Å². The molecule has 5 heteroatoms. The van der Waals surface area contributed by atoms with Crippen molar-refractivity contribution in [2.45, 2.75) is 91.0 Å². The van der Waals surface area contributed by atoms with Crippen LogP contribution < -0.4 is 0 Å². The SMILES string of the molecule is CC1C(C)C(Cc2ccccc2C2CCCCO2)C1C/C(=C/c1coc2ccccc12)B1OC2CC3C4C[C@H]4C(C2O1)C3(C)C. The molecule has 2 aliphatic heterocycles. The first kappa shape index (κ1) is 28.9. The number of furan rings is 1. The number of allylic oxidation sites excluding steroid dienone is 1. The lowest BCUT2D eigenvalue weighted by Gasteiger charge is -2.51. The Labute approximate surface area is 269 Å². The zero-order chi connectivity index (χ0) is 30.4. The molecule has 2 bridgehead atoms. The van der Waals surface area contributed by atoms with Gasteiger partial charge in [0.05, 0.1) is 24.6 Å². The van der Waals surface area contributed by atoms with Gasteiger partial charge in [-0.15, -0.1) is 0 Å². The average Bonchev–Trinajstić information content (AvgIpc) is 3.49. The summed E-state index contributed by atoms with van der Waals surface area (Å²) in [7, 11) is -0.271. The van der Waals surface area contributed by atoms with E-state index in [1.54, 1.807) is 0 Å². The van der Waals surface area contributed by atoms with Crippen LogP contribution in [0.25, 0.3) is 17.0 Å². The second-order valence-corrected chi connectivity index (χ2v) is 16.3. The summed E-state index contributed by atoms with van der Waals surface area (Å²) in [6, 6.07) is 17.5. The highest BCUT2D eigenvalue weighted by Gasteiger charge is 2.71. The molecule has 10 unspecified atom stereocenters. The molecule has 4 saturated carbocycles. The normalized spacial score (nSPS) is 39.9. The largest absolute Gasteiger partial charge is 0.490 e. The number of fused-ring (bicyclic) bond motifs is 8. The van der Waals surface area contributed by atoms with E-state index >= 15 is 0 Å². The van der Waals surface area contributed by atoms with Gasteiger partial charge in [0, 0.05) is 17.6 Å². The summed E-state index contributed by atoms with van der Waals surface area (Å²) in [6.45, 7) is 10.8. The average molecular weight is 605 g/mol. The van der Waals surface area contributed by atoms with Crippen LogP contribution in [0.4, 0.5) is 0 Å². The minimum atomic E-state index is -0.271. The summed E-state index contributed by atoms with van der Waals surface area (Å²) in [6.07, 6.45) is 13.3. The van der Waals surface area contributed by atoms with E-state index in [4.69, 9.17) is 18.5 Å². The molecule has 0 spiro atoms. The molecule has 1 aromatic heterocycles. The molecule has 236 valence electrons. The van der Waals surface area contributed by atoms with Crippen LogP contribution in [-0.2, 0) is 20.5 Å². The third-order valence-electron chi connectivity index (χ3n) is 13.9. The summed E-state index contributed by atoms with van der Waals surface area (Å²) in [5, 5.41) is 1.17. The zero-order valence-corrected chi connectivity index (χ0v) is 27.5. The molecular weight excluding hydrogens is 555 g/mol. The van der Waals surface area contributed by atoms with E-state index in [-0.39, 0.29) is 25.4 Å². The molecule has 0 amide bonds. The van der Waals surface area contributed by atoms with Crippen LogP contribution in [0.1, 0.15) is 89.0 Å². The zero-order valence-electron chi connectivity index (χ0n) is 27.5. The van der Waals surface area contributed by atoms with Crippen molar-refractivity contribution in [2.75, 3.05) is 6.61 Å². The molecule has 2 saturated heterocycles. The van der Waals surface area contributed by atoms with Gasteiger partial charge in [-0.25, -0.2) is 0 Å². The minimum Gasteiger partial charge on any atom is -0.464 e. The van der Waals surface area contributed by atoms with Crippen LogP contribution in [0.5, 0.6) is 0 Å². The third kappa shape index (κ3) is 4.66. The van der Waals surface area contributed by atoms with E-state index in [2.05, 4.69) is 76.2 Å². The highest BCUT2D eigenvalue weighted by atomic mass is 16.7. The van der Waals surface area contributed by atoms with Crippen molar-refractivity contribution in [1.82, 2.24) is 0 Å². The van der Waals surface area contributed by atoms with Crippen LogP contribution in [-0.4, -0.2) is 25.9 Å². The van der Waals surface area contributed by atoms with Crippen LogP contribution >= 0.6 is 0 Å². The highest BCUT2D eigenvalue weighted by Crippen LogP contribution is 2.72. The maximum absolute atomic E-state index is 7.10. The highest BCUT2D eigenvalue weighted by molar-refractivity contribution is 6.55. The van der Waals surface area contributed by atoms with Gasteiger partial charge in [-0.05, 0) is 120 Å². The number of hydrogen-bond donors (Lipinski definition) is 0. The number of hydrogen-bond acceptors (Lipinski definition) is 4. The number of para-hydroxylation sites is 1. The van der Waals surface area contributed by atoms with Crippen LogP contribution in [0, 0.1) is 52.8 Å². The maximum atomic E-state index is 7.10. The van der Waals surface area contributed by atoms with Gasteiger partial charge in [0.25, 0.3) is 0 Å². The summed E-state index contributed by atoms with van der Waals surface area (Å²) < 4.78 is 26.4. The Hall–Kier alpha value is -2.34. The summed E-state index contributed by atoms with van der Waals surface area (Å²) >= 11 is 0. The first-order valence-corrected chi connectivity index (χ1v) is 18.1. The molecule has 6 aliphatic rings. The van der Waals surface area contributed by atoms with Gasteiger partial charge in [0.1, 0.15) is 5.58 Å². The van der Waals surface area contributed by atoms with Gasteiger partial charge in [-0.2, -0.15) is 0 Å². The standard InChI is InChI=1S/C40H49BO4/c1-23-24(2)31(30(23)18-25-11-5-6-12-28(25)35-15-9-10-16-42-35)19-27(17-26-22-43-36-14-8-7-13-29(26)36)41-44-37-21-34-32-20-33(32)38(39(37)45-41)40(34,3)4/h5-8,11-14,17,22-24,30-35,37-39H,9-10,15-16,18-21H2,1-4H3/b27-17-/t23?,24?,30?,31?,32?,33-,34?,35?,37?,38?,39?/m1/s1. The second-order valence-electron chi connectivity index (χ2n) is 16.3. The molecule has 2 aromatic carbocycles. The molecule has 3 heterocycles. The number of ether oxygens (including phenoxy) is 1. The molecular formula is C40H49BO4. The van der Waals surface area contributed by atoms with Crippen LogP contribution in [0.2, 0.25) is 0 Å². The first-order chi connectivity index (χ1) is 21.9. The third-order valence-corrected chi connectivity index (χ3v) is 13.9. The van der Waals surface area contributed by atoms with Gasteiger partial charge in [-0.1, -0.05) is 76.2 Å². The lowest BCUT2D eigenvalue weighted by Crippen LogP contribution is -2.47. The second kappa shape index (κ2) is 10.9. The number of benzene rings is 2. The fourth-order valence-corrected chi connectivity index (χ4v) is 11.2. The van der Waals surface area contributed by atoms with Gasteiger partial charge in [0.2, 0.25) is 0 Å². The number of rotatable bonds is 7. The lowest BCUT2D eigenvalue weighted by atomic mass is 9.53. The monoisotopic (exact) mass is 604 g/mol. The molecule has 6 fully saturated rings. The molecule has 11 atom stereocenters. The molecule has 4 aliphatic carbocycles. The van der Waals surface area contributed by atoms with Crippen molar-refractivity contribution in [1.29, 1.82) is 0 Å². The Balaban J connectivity index is 1.02. The smallest absolute Gasteiger partial charge is 0.464 e. The van der Waals surface area contributed by atoms with E-state index in [1.165, 1.54) is 41.2 Å². The molecule has 0 N–H and O–H groups in total. The lowest BCUT2D eigenvalue weighted by molar-refractivity contribution is -0.0409. The van der Waals surface area contributed by atoms with Crippen molar-refractivity contribution >= 4 is 24.2 Å². The summed E-state index contributed by atoms with van der Waals surface area (Å²) in [5.74, 6) is 5.71. The predicted octanol–water partition coefficient (Wildman–Crippen LogP) is 9.33. The summed E-state index contributed by atoms with van der Waals surface area (Å²) in [5.41, 5.74) is 6.65. The van der Waals surface area contributed by atoms with Gasteiger partial charge < -0.3 is 18.5 Å². The Morgan fingerprint density at radius 3 is 2.62 bits per heavy atom. The minimum absolute atomic E-state index is 0.221. The first-order valence-electron chi connectivity index (χ1n) is 18.1. The fourth-order valence-electron chi connectivity index (χ4n) is 11.2. The fraction of sp³-hybridized carbons (Fsp3) is 0.600. The molecule has 9 rings (SSSR count). The Kier molecular flexibility index (Phi) is 6.96. The van der Waals surface area contributed by atoms with E-state index in [9.17, 15) is 0 Å². The predicted molar refractivity (Wildman–Crippen MR) is 179 cm³/mol. The topological polar surface area (TPSA) is 40.8 Å². The van der Waals surface area contributed by atoms with Crippen molar-refractivity contribution in [2.24, 2.45) is 52.8 Å². The van der Waals surface area contributed by atoms with Crippen molar-refractivity contribution < 1.29 is 18.5 Å².